The second-order valence-corrected chi connectivity index (χ2v) is 7.04. The van der Waals surface area contributed by atoms with E-state index >= 15 is 0 Å². The molecular weight excluding hydrogens is 302 g/mol. The zero-order chi connectivity index (χ0) is 17.0. The molecule has 1 N–H and O–H groups in total. The molecule has 0 unspecified atom stereocenters. The Morgan fingerprint density at radius 1 is 1.21 bits per heavy atom. The Morgan fingerprint density at radius 2 is 1.88 bits per heavy atom. The second-order valence-electron chi connectivity index (χ2n) is 7.04. The third-order valence-electron chi connectivity index (χ3n) is 5.53. The van der Waals surface area contributed by atoms with Crippen LogP contribution in [0.25, 0.3) is 0 Å². The molecule has 1 aromatic rings. The molecule has 2 saturated heterocycles. The molecule has 0 aromatic heterocycles. The molecule has 0 spiro atoms. The van der Waals surface area contributed by atoms with Gasteiger partial charge in [0.1, 0.15) is 0 Å². The first-order valence-corrected chi connectivity index (χ1v) is 9.05. The van der Waals surface area contributed by atoms with Crippen LogP contribution in [0.3, 0.4) is 0 Å². The van der Waals surface area contributed by atoms with Gasteiger partial charge < -0.3 is 15.0 Å². The highest BCUT2D eigenvalue weighted by molar-refractivity contribution is 5.83. The highest BCUT2D eigenvalue weighted by atomic mass is 16.5. The van der Waals surface area contributed by atoms with Crippen molar-refractivity contribution in [2.75, 3.05) is 50.8 Å². The van der Waals surface area contributed by atoms with Crippen molar-refractivity contribution in [3.05, 3.63) is 30.3 Å². The van der Waals surface area contributed by atoms with Crippen molar-refractivity contribution in [2.24, 2.45) is 5.41 Å². The monoisotopic (exact) mass is 331 g/mol. The number of para-hydroxylation sites is 1. The predicted molar refractivity (Wildman–Crippen MR) is 96.2 cm³/mol. The largest absolute Gasteiger partial charge is 0.379 e. The van der Waals surface area contributed by atoms with Crippen LogP contribution in [0.4, 0.5) is 5.69 Å². The van der Waals surface area contributed by atoms with Crippen molar-refractivity contribution in [1.82, 2.24) is 10.2 Å². The summed E-state index contributed by atoms with van der Waals surface area (Å²) in [5.41, 5.74) is 1.03. The molecule has 24 heavy (non-hydrogen) atoms. The lowest BCUT2D eigenvalue weighted by atomic mass is 9.82. The summed E-state index contributed by atoms with van der Waals surface area (Å²) < 4.78 is 5.25. The number of benzene rings is 1. The molecule has 2 aliphatic rings. The maximum atomic E-state index is 12.4. The van der Waals surface area contributed by atoms with E-state index in [1.165, 1.54) is 5.69 Å². The summed E-state index contributed by atoms with van der Waals surface area (Å²) in [6.45, 7) is 10.3. The van der Waals surface area contributed by atoms with Crippen LogP contribution in [-0.2, 0) is 9.53 Å². The average Bonchev–Trinajstić information content (AvgIpc) is 2.60. The molecule has 1 aromatic carbocycles. The molecule has 5 heteroatoms. The van der Waals surface area contributed by atoms with Crippen molar-refractivity contribution >= 4 is 11.6 Å². The third-order valence-corrected chi connectivity index (χ3v) is 5.53. The van der Waals surface area contributed by atoms with E-state index in [0.29, 0.717) is 25.8 Å². The molecule has 0 saturated carbocycles. The zero-order valence-corrected chi connectivity index (χ0v) is 14.8. The molecular formula is C19H29N3O2. The highest BCUT2D eigenvalue weighted by Crippen LogP contribution is 2.31. The average molecular weight is 331 g/mol. The zero-order valence-electron chi connectivity index (χ0n) is 14.8. The predicted octanol–water partition coefficient (Wildman–Crippen LogP) is 1.74. The van der Waals surface area contributed by atoms with Gasteiger partial charge in [0.2, 0.25) is 5.91 Å². The minimum atomic E-state index is -0.272. The lowest BCUT2D eigenvalue weighted by Gasteiger charge is -2.41. The number of hydrogen-bond donors (Lipinski definition) is 1. The summed E-state index contributed by atoms with van der Waals surface area (Å²) in [7, 11) is 0. The summed E-state index contributed by atoms with van der Waals surface area (Å²) in [4.78, 5) is 17.3. The topological polar surface area (TPSA) is 44.8 Å². The second kappa shape index (κ2) is 7.53. The number of ether oxygens (including phenoxy) is 1. The number of carbonyl (C=O) groups excluding carboxylic acids is 1. The van der Waals surface area contributed by atoms with Crippen molar-refractivity contribution in [1.29, 1.82) is 0 Å². The molecule has 0 bridgehead atoms. The van der Waals surface area contributed by atoms with Gasteiger partial charge in [0, 0.05) is 44.5 Å². The van der Waals surface area contributed by atoms with Crippen molar-refractivity contribution in [2.45, 2.75) is 26.3 Å². The van der Waals surface area contributed by atoms with E-state index in [4.69, 9.17) is 4.74 Å². The van der Waals surface area contributed by atoms with Crippen molar-refractivity contribution in [3.8, 4) is 0 Å². The van der Waals surface area contributed by atoms with Gasteiger partial charge in [0.15, 0.2) is 0 Å². The fraction of sp³-hybridized carbons (Fsp3) is 0.632. The van der Waals surface area contributed by atoms with E-state index in [0.717, 1.165) is 32.6 Å². The van der Waals surface area contributed by atoms with E-state index in [1.807, 2.05) is 0 Å². The first-order chi connectivity index (χ1) is 11.6. The molecule has 3 rings (SSSR count). The van der Waals surface area contributed by atoms with Crippen molar-refractivity contribution < 1.29 is 9.53 Å². The van der Waals surface area contributed by atoms with Gasteiger partial charge in [0.05, 0.1) is 18.6 Å². The van der Waals surface area contributed by atoms with Crippen LogP contribution in [0.1, 0.15) is 20.3 Å². The molecule has 1 atom stereocenters. The van der Waals surface area contributed by atoms with Crippen LogP contribution in [0.15, 0.2) is 30.3 Å². The van der Waals surface area contributed by atoms with Gasteiger partial charge in [-0.2, -0.15) is 0 Å². The molecule has 2 heterocycles. The van der Waals surface area contributed by atoms with Crippen LogP contribution < -0.4 is 10.2 Å². The number of amides is 1. The lowest BCUT2D eigenvalue weighted by Crippen LogP contribution is -2.57. The van der Waals surface area contributed by atoms with E-state index in [-0.39, 0.29) is 11.3 Å². The molecule has 132 valence electrons. The maximum Gasteiger partial charge on any atom is 0.230 e. The first-order valence-electron chi connectivity index (χ1n) is 9.05. The quantitative estimate of drug-likeness (QED) is 0.862. The van der Waals surface area contributed by atoms with Gasteiger partial charge in [-0.05, 0) is 25.5 Å². The number of anilines is 1. The minimum absolute atomic E-state index is 0.158. The van der Waals surface area contributed by atoms with Gasteiger partial charge in [-0.15, -0.1) is 0 Å². The van der Waals surface area contributed by atoms with Gasteiger partial charge in [-0.25, -0.2) is 0 Å². The molecule has 1 amide bonds. The SMILES string of the molecule is CCC1(C(=O)NC[C@H](C)N2CCN(c3ccccc3)CC2)COC1. The van der Waals surface area contributed by atoms with Crippen LogP contribution in [-0.4, -0.2) is 62.8 Å². The number of piperazine rings is 1. The Balaban J connectivity index is 1.44. The number of rotatable bonds is 6. The minimum Gasteiger partial charge on any atom is -0.379 e. The number of nitrogens with zero attached hydrogens (tertiary/aromatic N) is 2. The third kappa shape index (κ3) is 3.57. The fourth-order valence-corrected chi connectivity index (χ4v) is 3.46. The van der Waals surface area contributed by atoms with E-state index < -0.39 is 0 Å². The molecule has 0 aliphatic carbocycles. The fourth-order valence-electron chi connectivity index (χ4n) is 3.46. The van der Waals surface area contributed by atoms with Gasteiger partial charge in [-0.3, -0.25) is 9.69 Å². The lowest BCUT2D eigenvalue weighted by molar-refractivity contribution is -0.162. The normalized spacial score (nSPS) is 21.8. The Morgan fingerprint density at radius 3 is 2.42 bits per heavy atom. The molecule has 2 fully saturated rings. The summed E-state index contributed by atoms with van der Waals surface area (Å²) in [5.74, 6) is 0.158. The maximum absolute atomic E-state index is 12.4. The Bertz CT molecular complexity index is 531. The van der Waals surface area contributed by atoms with Crippen LogP contribution in [0.2, 0.25) is 0 Å². The summed E-state index contributed by atoms with van der Waals surface area (Å²) >= 11 is 0. The standard InChI is InChI=1S/C19H29N3O2/c1-3-19(14-24-15-19)18(23)20-13-16(2)21-9-11-22(12-10-21)17-7-5-4-6-8-17/h4-8,16H,3,9-15H2,1-2H3,(H,20,23)/t16-/m0/s1. The van der Waals surface area contributed by atoms with Crippen molar-refractivity contribution in [3.63, 3.8) is 0 Å². The number of nitrogens with one attached hydrogen (secondary N) is 1. The number of hydrogen-bond acceptors (Lipinski definition) is 4. The first kappa shape index (κ1) is 17.2. The van der Waals surface area contributed by atoms with Crippen LogP contribution in [0.5, 0.6) is 0 Å². The molecule has 2 aliphatic heterocycles. The summed E-state index contributed by atoms with van der Waals surface area (Å²) in [6.07, 6.45) is 0.850. The van der Waals surface area contributed by atoms with E-state index in [9.17, 15) is 4.79 Å². The number of carbonyl (C=O) groups is 1. The summed E-state index contributed by atoms with van der Waals surface area (Å²) in [5, 5.41) is 3.14. The van der Waals surface area contributed by atoms with Crippen LogP contribution in [0, 0.1) is 5.41 Å². The van der Waals surface area contributed by atoms with E-state index in [1.54, 1.807) is 0 Å². The Labute approximate surface area is 145 Å². The van der Waals surface area contributed by atoms with Gasteiger partial charge in [0.25, 0.3) is 0 Å². The Hall–Kier alpha value is -1.59. The van der Waals surface area contributed by atoms with E-state index in [2.05, 4.69) is 59.3 Å². The van der Waals surface area contributed by atoms with Crippen LogP contribution >= 0.6 is 0 Å². The highest BCUT2D eigenvalue weighted by Gasteiger charge is 2.44. The molecule has 0 radical (unpaired) electrons. The smallest absolute Gasteiger partial charge is 0.230 e. The Kier molecular flexibility index (Phi) is 5.41. The molecule has 5 nitrogen and oxygen atoms in total. The van der Waals surface area contributed by atoms with Gasteiger partial charge >= 0.3 is 0 Å². The van der Waals surface area contributed by atoms with Gasteiger partial charge in [-0.1, -0.05) is 25.1 Å². The summed E-state index contributed by atoms with van der Waals surface area (Å²) in [6, 6.07) is 10.9.